The summed E-state index contributed by atoms with van der Waals surface area (Å²) in [6.45, 7) is 2.24. The molecule has 0 spiro atoms. The Kier molecular flexibility index (Phi) is 14.1. The molecule has 0 rings (SSSR count). The maximum absolute atomic E-state index is 11.4. The molecule has 0 aliphatic heterocycles. The Morgan fingerprint density at radius 1 is 0.769 bits per heavy atom. The number of nitrogens with zero attached hydrogens (tertiary/aromatic N) is 1. The third-order valence-corrected chi connectivity index (χ3v) is 5.16. The number of unbranched alkanes of at least 4 members (excludes halogenated alkanes) is 11. The molecule has 0 aromatic rings. The lowest BCUT2D eigenvalue weighted by Gasteiger charge is -2.35. The van der Waals surface area contributed by atoms with Gasteiger partial charge in [-0.3, -0.25) is 0 Å². The molecule has 3 atom stereocenters. The van der Waals surface area contributed by atoms with Crippen LogP contribution in [0.2, 0.25) is 0 Å². The number of rotatable bonds is 17. The zero-order valence-electron chi connectivity index (χ0n) is 17.6. The number of aliphatic hydroxyl groups excluding tert-OH is 2. The van der Waals surface area contributed by atoms with Crippen molar-refractivity contribution in [1.29, 1.82) is 0 Å². The Balaban J connectivity index is 3.73. The first kappa shape index (κ1) is 25.4. The van der Waals surface area contributed by atoms with Crippen LogP contribution in [0.1, 0.15) is 90.4 Å². The van der Waals surface area contributed by atoms with Gasteiger partial charge in [-0.15, -0.1) is 0 Å². The zero-order valence-corrected chi connectivity index (χ0v) is 17.6. The summed E-state index contributed by atoms with van der Waals surface area (Å²) in [5, 5.41) is 29.7. The number of quaternary nitrogens is 1. The molecule has 0 aliphatic carbocycles. The Hall–Kier alpha value is -0.650. The van der Waals surface area contributed by atoms with Crippen LogP contribution in [-0.2, 0) is 4.79 Å². The summed E-state index contributed by atoms with van der Waals surface area (Å²) in [5.41, 5.74) is 0. The van der Waals surface area contributed by atoms with Crippen molar-refractivity contribution < 1.29 is 24.6 Å². The van der Waals surface area contributed by atoms with E-state index < -0.39 is 24.2 Å². The van der Waals surface area contributed by atoms with Crippen LogP contribution in [-0.4, -0.2) is 65.2 Å². The molecule has 0 saturated carbocycles. The second kappa shape index (κ2) is 14.4. The smallest absolute Gasteiger partial charge is 0.365 e. The van der Waals surface area contributed by atoms with E-state index in [1.807, 2.05) is 0 Å². The summed E-state index contributed by atoms with van der Waals surface area (Å²) >= 11 is 0. The first-order valence-electron chi connectivity index (χ1n) is 10.6. The van der Waals surface area contributed by atoms with Crippen LogP contribution in [0, 0.1) is 0 Å². The van der Waals surface area contributed by atoms with E-state index in [-0.39, 0.29) is 4.48 Å². The highest BCUT2D eigenvalue weighted by Gasteiger charge is 2.41. The van der Waals surface area contributed by atoms with Gasteiger partial charge >= 0.3 is 5.97 Å². The minimum atomic E-state index is -1.24. The van der Waals surface area contributed by atoms with Gasteiger partial charge in [0.05, 0.1) is 27.2 Å². The van der Waals surface area contributed by atoms with Crippen LogP contribution in [0.15, 0.2) is 0 Å². The minimum absolute atomic E-state index is 0.0893. The second-order valence-corrected chi connectivity index (χ2v) is 8.64. The van der Waals surface area contributed by atoms with Crippen LogP contribution in [0.4, 0.5) is 0 Å². The van der Waals surface area contributed by atoms with Gasteiger partial charge in [-0.05, 0) is 6.42 Å². The van der Waals surface area contributed by atoms with Crippen LogP contribution in [0.25, 0.3) is 0 Å². The normalized spacial score (nSPS) is 15.6. The first-order valence-corrected chi connectivity index (χ1v) is 10.6. The number of likely N-dealkylation sites (N-methyl/N-ethyl adjacent to an activating group) is 1. The van der Waals surface area contributed by atoms with Crippen LogP contribution >= 0.6 is 0 Å². The summed E-state index contributed by atoms with van der Waals surface area (Å²) in [6.07, 6.45) is 13.2. The van der Waals surface area contributed by atoms with E-state index in [2.05, 4.69) is 6.92 Å². The SMILES string of the molecule is CCCCCCCCCCCCCC[C@@H](O)[C@@H](O)[C@H](C(=O)O)[N+](C)(C)C. The molecule has 0 unspecified atom stereocenters. The maximum Gasteiger partial charge on any atom is 0.365 e. The molecule has 156 valence electrons. The molecule has 0 bridgehead atoms. The highest BCUT2D eigenvalue weighted by atomic mass is 16.4. The lowest BCUT2D eigenvalue weighted by atomic mass is 9.97. The first-order chi connectivity index (χ1) is 12.2. The van der Waals surface area contributed by atoms with Crippen molar-refractivity contribution in [3.05, 3.63) is 0 Å². The van der Waals surface area contributed by atoms with E-state index in [1.165, 1.54) is 57.8 Å². The molecule has 0 fully saturated rings. The van der Waals surface area contributed by atoms with Crippen molar-refractivity contribution in [3.63, 3.8) is 0 Å². The van der Waals surface area contributed by atoms with Gasteiger partial charge in [-0.1, -0.05) is 84.0 Å². The molecule has 0 saturated heterocycles. The van der Waals surface area contributed by atoms with E-state index in [0.29, 0.717) is 6.42 Å². The molecule has 0 aromatic heterocycles. The van der Waals surface area contributed by atoms with E-state index in [0.717, 1.165) is 19.3 Å². The summed E-state index contributed by atoms with van der Waals surface area (Å²) in [6, 6.07) is -1.01. The summed E-state index contributed by atoms with van der Waals surface area (Å²) in [5.74, 6) is -1.07. The topological polar surface area (TPSA) is 77.8 Å². The fourth-order valence-corrected chi connectivity index (χ4v) is 3.51. The molecule has 0 radical (unpaired) electrons. The molecule has 0 amide bonds. The van der Waals surface area contributed by atoms with Gasteiger partial charge in [0.1, 0.15) is 6.10 Å². The zero-order chi connectivity index (χ0) is 20.0. The Bertz CT molecular complexity index is 354. The molecule has 3 N–H and O–H groups in total. The molecular formula is C21H44NO4+. The molecule has 0 heterocycles. The average molecular weight is 375 g/mol. The number of carboxylic acid groups (broad SMARTS) is 1. The number of hydrogen-bond acceptors (Lipinski definition) is 3. The third-order valence-electron chi connectivity index (χ3n) is 5.16. The van der Waals surface area contributed by atoms with Crippen LogP contribution in [0.3, 0.4) is 0 Å². The molecule has 0 aliphatic rings. The van der Waals surface area contributed by atoms with Gasteiger partial charge in [-0.2, -0.15) is 0 Å². The fraction of sp³-hybridized carbons (Fsp3) is 0.952. The highest BCUT2D eigenvalue weighted by Crippen LogP contribution is 2.17. The van der Waals surface area contributed by atoms with Crippen molar-refractivity contribution in [2.45, 2.75) is 109 Å². The van der Waals surface area contributed by atoms with E-state index in [1.54, 1.807) is 21.1 Å². The standard InChI is InChI=1S/C21H43NO4/c1-5-6-7-8-9-10-11-12-13-14-15-16-17-18(23)20(24)19(21(25)26)22(2,3)4/h18-20,23-24H,5-17H2,1-4H3/p+1/t18-,19-,20-/m1/s1. The largest absolute Gasteiger partial charge is 0.477 e. The van der Waals surface area contributed by atoms with E-state index in [4.69, 9.17) is 0 Å². The molecule has 26 heavy (non-hydrogen) atoms. The number of carbonyl (C=O) groups is 1. The second-order valence-electron chi connectivity index (χ2n) is 8.64. The number of aliphatic hydroxyl groups is 2. The van der Waals surface area contributed by atoms with Gasteiger partial charge in [0.25, 0.3) is 0 Å². The van der Waals surface area contributed by atoms with Gasteiger partial charge in [-0.25, -0.2) is 4.79 Å². The Morgan fingerprint density at radius 2 is 1.15 bits per heavy atom. The lowest BCUT2D eigenvalue weighted by molar-refractivity contribution is -0.891. The summed E-state index contributed by atoms with van der Waals surface area (Å²) < 4.78 is 0.0893. The summed E-state index contributed by atoms with van der Waals surface area (Å²) in [7, 11) is 5.16. The maximum atomic E-state index is 11.4. The molecule has 5 nitrogen and oxygen atoms in total. The van der Waals surface area contributed by atoms with Gasteiger partial charge in [0.15, 0.2) is 0 Å². The quantitative estimate of drug-likeness (QED) is 0.266. The molecular weight excluding hydrogens is 330 g/mol. The third kappa shape index (κ3) is 11.9. The average Bonchev–Trinajstić information content (AvgIpc) is 2.53. The number of hydrogen-bond donors (Lipinski definition) is 3. The number of aliphatic carboxylic acids is 1. The highest BCUT2D eigenvalue weighted by molar-refractivity contribution is 5.73. The van der Waals surface area contributed by atoms with Crippen molar-refractivity contribution in [3.8, 4) is 0 Å². The van der Waals surface area contributed by atoms with Crippen molar-refractivity contribution in [2.24, 2.45) is 0 Å². The van der Waals surface area contributed by atoms with Gasteiger partial charge in [0.2, 0.25) is 6.04 Å². The Labute approximate surface area is 161 Å². The molecule has 0 aromatic carbocycles. The van der Waals surface area contributed by atoms with E-state index in [9.17, 15) is 20.1 Å². The van der Waals surface area contributed by atoms with Crippen molar-refractivity contribution in [1.82, 2.24) is 0 Å². The predicted octanol–water partition coefficient (Wildman–Crippen LogP) is 3.96. The minimum Gasteiger partial charge on any atom is -0.477 e. The van der Waals surface area contributed by atoms with Crippen molar-refractivity contribution in [2.75, 3.05) is 21.1 Å². The van der Waals surface area contributed by atoms with E-state index >= 15 is 0 Å². The lowest BCUT2D eigenvalue weighted by Crippen LogP contribution is -2.59. The van der Waals surface area contributed by atoms with Gasteiger partial charge < -0.3 is 19.8 Å². The number of carboxylic acids is 1. The Morgan fingerprint density at radius 3 is 1.50 bits per heavy atom. The predicted molar refractivity (Wildman–Crippen MR) is 107 cm³/mol. The fourth-order valence-electron chi connectivity index (χ4n) is 3.51. The van der Waals surface area contributed by atoms with Crippen LogP contribution < -0.4 is 0 Å². The summed E-state index contributed by atoms with van der Waals surface area (Å²) in [4.78, 5) is 11.4. The van der Waals surface area contributed by atoms with Gasteiger partial charge in [0, 0.05) is 0 Å². The monoisotopic (exact) mass is 374 g/mol. The molecule has 5 heteroatoms. The van der Waals surface area contributed by atoms with Crippen molar-refractivity contribution >= 4 is 5.97 Å². The van der Waals surface area contributed by atoms with Crippen LogP contribution in [0.5, 0.6) is 0 Å².